The molecule has 2 heterocycles. The van der Waals surface area contributed by atoms with Crippen LogP contribution in [0.1, 0.15) is 23.6 Å². The Hall–Kier alpha value is -7.46. The van der Waals surface area contributed by atoms with Crippen LogP contribution in [0.2, 0.25) is 0 Å². The van der Waals surface area contributed by atoms with Gasteiger partial charge in [0, 0.05) is 42.3 Å². The molecule has 0 bridgehead atoms. The van der Waals surface area contributed by atoms with Crippen LogP contribution < -0.4 is 0 Å². The summed E-state index contributed by atoms with van der Waals surface area (Å²) in [5.41, 5.74) is 15.7. The van der Waals surface area contributed by atoms with Crippen LogP contribution in [0.5, 0.6) is 0 Å². The number of aromatic nitrogens is 2. The first-order valence-electron chi connectivity index (χ1n) is 20.9. The Morgan fingerprint density at radius 2 is 0.967 bits per heavy atom. The third-order valence-corrected chi connectivity index (χ3v) is 13.9. The van der Waals surface area contributed by atoms with Crippen LogP contribution in [0.15, 0.2) is 212 Å². The summed E-state index contributed by atoms with van der Waals surface area (Å²) in [6.07, 6.45) is 0. The Morgan fingerprint density at radius 3 is 1.80 bits per heavy atom. The quantitative estimate of drug-likeness (QED) is 0.168. The first kappa shape index (κ1) is 35.5. The molecule has 1 atom stereocenters. The van der Waals surface area contributed by atoms with Crippen LogP contribution in [0.3, 0.4) is 0 Å². The lowest BCUT2D eigenvalue weighted by molar-refractivity contribution is 0.714. The van der Waals surface area contributed by atoms with Crippen molar-refractivity contribution in [1.29, 1.82) is 0 Å². The molecule has 0 spiro atoms. The molecule has 61 heavy (non-hydrogen) atoms. The minimum Gasteiger partial charge on any atom is -0.228 e. The molecule has 2 aromatic heterocycles. The average Bonchev–Trinajstić information content (AvgIpc) is 3.84. The summed E-state index contributed by atoms with van der Waals surface area (Å²) in [5.74, 6) is 0.701. The van der Waals surface area contributed by atoms with E-state index in [1.807, 2.05) is 17.4 Å². The third-order valence-electron chi connectivity index (χ3n) is 12.7. The van der Waals surface area contributed by atoms with Gasteiger partial charge in [0.15, 0.2) is 5.82 Å². The second-order valence-corrected chi connectivity index (χ2v) is 17.4. The highest BCUT2D eigenvalue weighted by molar-refractivity contribution is 7.25. The van der Waals surface area contributed by atoms with Crippen molar-refractivity contribution in [3.63, 3.8) is 0 Å². The maximum Gasteiger partial charge on any atom is 0.160 e. The maximum absolute atomic E-state index is 5.36. The standard InChI is InChI=1S/C58H38N2S/c1-58(46-18-6-3-7-19-46)51-22-12-10-20-47(51)49-35-42(26-28-52(49)58)53-36-54(60-57(59-53)38-15-4-2-5-16-38)45-32-43(40-25-24-37-14-8-9-17-39(37)30-40)31-44(33-45)41-27-29-56-50(34-41)48-21-11-13-23-55(48)61-56/h2-36H,1H3. The van der Waals surface area contributed by atoms with E-state index in [1.54, 1.807) is 0 Å². The Balaban J connectivity index is 1.06. The number of fused-ring (bicyclic) bond motifs is 7. The van der Waals surface area contributed by atoms with Gasteiger partial charge in [-0.15, -0.1) is 11.3 Å². The van der Waals surface area contributed by atoms with Crippen molar-refractivity contribution in [3.05, 3.63) is 229 Å². The van der Waals surface area contributed by atoms with Gasteiger partial charge in [-0.25, -0.2) is 9.97 Å². The Kier molecular flexibility index (Phi) is 8.19. The molecule has 286 valence electrons. The van der Waals surface area contributed by atoms with Gasteiger partial charge in [0.2, 0.25) is 0 Å². The molecular formula is C58H38N2S. The number of thiophene rings is 1. The lowest BCUT2D eigenvalue weighted by Crippen LogP contribution is -2.22. The van der Waals surface area contributed by atoms with Crippen molar-refractivity contribution in [2.45, 2.75) is 12.3 Å². The van der Waals surface area contributed by atoms with E-state index in [4.69, 9.17) is 9.97 Å². The summed E-state index contributed by atoms with van der Waals surface area (Å²) in [6.45, 7) is 2.36. The van der Waals surface area contributed by atoms with Crippen molar-refractivity contribution in [3.8, 4) is 67.3 Å². The molecule has 0 saturated carbocycles. The molecular weight excluding hydrogens is 757 g/mol. The van der Waals surface area contributed by atoms with Crippen LogP contribution >= 0.6 is 11.3 Å². The van der Waals surface area contributed by atoms with Gasteiger partial charge < -0.3 is 0 Å². The molecule has 1 aliphatic carbocycles. The summed E-state index contributed by atoms with van der Waals surface area (Å²) in [6, 6.07) is 77.2. The maximum atomic E-state index is 5.36. The number of hydrogen-bond acceptors (Lipinski definition) is 3. The van der Waals surface area contributed by atoms with Crippen molar-refractivity contribution < 1.29 is 0 Å². The summed E-state index contributed by atoms with van der Waals surface area (Å²) >= 11 is 1.85. The zero-order valence-electron chi connectivity index (χ0n) is 33.5. The largest absolute Gasteiger partial charge is 0.228 e. The molecule has 1 unspecified atom stereocenters. The Bertz CT molecular complexity index is 3490. The van der Waals surface area contributed by atoms with E-state index < -0.39 is 0 Å². The highest BCUT2D eigenvalue weighted by atomic mass is 32.1. The number of hydrogen-bond donors (Lipinski definition) is 0. The van der Waals surface area contributed by atoms with E-state index in [9.17, 15) is 0 Å². The predicted molar refractivity (Wildman–Crippen MR) is 257 cm³/mol. The van der Waals surface area contributed by atoms with E-state index in [1.165, 1.54) is 69.9 Å². The lowest BCUT2D eigenvalue weighted by Gasteiger charge is -2.28. The minimum atomic E-state index is -0.268. The topological polar surface area (TPSA) is 25.8 Å². The number of nitrogens with zero attached hydrogens (tertiary/aromatic N) is 2. The minimum absolute atomic E-state index is 0.268. The van der Waals surface area contributed by atoms with Crippen molar-refractivity contribution >= 4 is 42.3 Å². The molecule has 11 aromatic rings. The average molecular weight is 795 g/mol. The molecule has 0 aliphatic heterocycles. The van der Waals surface area contributed by atoms with Gasteiger partial charge in [-0.05, 0) is 122 Å². The number of benzene rings is 9. The molecule has 0 amide bonds. The molecule has 0 N–H and O–H groups in total. The molecule has 3 heteroatoms. The van der Waals surface area contributed by atoms with E-state index in [2.05, 4.69) is 213 Å². The molecule has 0 saturated heterocycles. The first-order chi connectivity index (χ1) is 30.1. The van der Waals surface area contributed by atoms with Crippen LogP contribution in [0.25, 0.3) is 98.2 Å². The van der Waals surface area contributed by atoms with Gasteiger partial charge in [-0.1, -0.05) is 158 Å². The second kappa shape index (κ2) is 14.1. The second-order valence-electron chi connectivity index (χ2n) is 16.3. The lowest BCUT2D eigenvalue weighted by atomic mass is 9.74. The summed E-state index contributed by atoms with van der Waals surface area (Å²) in [5, 5.41) is 5.03. The summed E-state index contributed by atoms with van der Waals surface area (Å²) < 4.78 is 2.60. The molecule has 9 aromatic carbocycles. The van der Waals surface area contributed by atoms with E-state index in [0.29, 0.717) is 5.82 Å². The van der Waals surface area contributed by atoms with Crippen LogP contribution in [-0.2, 0) is 5.41 Å². The van der Waals surface area contributed by atoms with Gasteiger partial charge in [-0.3, -0.25) is 0 Å². The number of rotatable bonds is 6. The van der Waals surface area contributed by atoms with E-state index in [-0.39, 0.29) is 5.41 Å². The van der Waals surface area contributed by atoms with Crippen molar-refractivity contribution in [1.82, 2.24) is 9.97 Å². The summed E-state index contributed by atoms with van der Waals surface area (Å²) in [4.78, 5) is 10.7. The molecule has 0 radical (unpaired) electrons. The monoisotopic (exact) mass is 794 g/mol. The summed E-state index contributed by atoms with van der Waals surface area (Å²) in [7, 11) is 0. The highest BCUT2D eigenvalue weighted by Crippen LogP contribution is 2.53. The zero-order chi connectivity index (χ0) is 40.5. The van der Waals surface area contributed by atoms with Gasteiger partial charge >= 0.3 is 0 Å². The molecule has 2 nitrogen and oxygen atoms in total. The third kappa shape index (κ3) is 5.92. The van der Waals surface area contributed by atoms with E-state index in [0.717, 1.165) is 39.2 Å². The van der Waals surface area contributed by atoms with Gasteiger partial charge in [0.25, 0.3) is 0 Å². The van der Waals surface area contributed by atoms with Gasteiger partial charge in [0.05, 0.1) is 11.4 Å². The zero-order valence-corrected chi connectivity index (χ0v) is 34.3. The molecule has 0 fully saturated rings. The molecule has 12 rings (SSSR count). The fraction of sp³-hybridized carbons (Fsp3) is 0.0345. The van der Waals surface area contributed by atoms with Gasteiger partial charge in [-0.2, -0.15) is 0 Å². The molecule has 1 aliphatic rings. The van der Waals surface area contributed by atoms with E-state index >= 15 is 0 Å². The van der Waals surface area contributed by atoms with Crippen molar-refractivity contribution in [2.24, 2.45) is 0 Å². The fourth-order valence-electron chi connectivity index (χ4n) is 9.59. The van der Waals surface area contributed by atoms with Crippen molar-refractivity contribution in [2.75, 3.05) is 0 Å². The first-order valence-corrected chi connectivity index (χ1v) is 21.7. The SMILES string of the molecule is CC1(c2ccccc2)c2ccccc2-c2cc(-c3cc(-c4cc(-c5ccc6ccccc6c5)cc(-c5ccc6sc7ccccc7c6c5)c4)nc(-c4ccccc4)n3)ccc21. The Labute approximate surface area is 359 Å². The normalized spacial score (nSPS) is 14.4. The van der Waals surface area contributed by atoms with Gasteiger partial charge in [0.1, 0.15) is 0 Å². The van der Waals surface area contributed by atoms with Crippen LogP contribution in [0.4, 0.5) is 0 Å². The predicted octanol–water partition coefficient (Wildman–Crippen LogP) is 15.7. The van der Waals surface area contributed by atoms with Crippen LogP contribution in [-0.4, -0.2) is 9.97 Å². The fourth-order valence-corrected chi connectivity index (χ4v) is 10.7. The Morgan fingerprint density at radius 1 is 0.361 bits per heavy atom. The highest BCUT2D eigenvalue weighted by Gasteiger charge is 2.40. The smallest absolute Gasteiger partial charge is 0.160 e. The van der Waals surface area contributed by atoms with Crippen LogP contribution in [0, 0.1) is 0 Å².